The van der Waals surface area contributed by atoms with E-state index in [1.165, 1.54) is 0 Å². The molecule has 0 spiro atoms. The second kappa shape index (κ2) is 5.45. The highest BCUT2D eigenvalue weighted by Crippen LogP contribution is 1.67. The van der Waals surface area contributed by atoms with E-state index in [1.807, 2.05) is 24.1 Å². The van der Waals surface area contributed by atoms with E-state index in [1.54, 1.807) is 0 Å². The number of carbonyl (C=O) groups excluding carboxylic acids is 2. The number of primary amides is 2. The van der Waals surface area contributed by atoms with Crippen molar-refractivity contribution in [3.8, 4) is 24.1 Å². The van der Waals surface area contributed by atoms with Crippen molar-refractivity contribution in [3.05, 3.63) is 0 Å². The van der Waals surface area contributed by atoms with E-state index in [0.717, 1.165) is 0 Å². The van der Waals surface area contributed by atoms with Gasteiger partial charge in [0.25, 0.3) is 0 Å². The first-order valence-electron chi connectivity index (χ1n) is 2.55. The van der Waals surface area contributed by atoms with E-state index < -0.39 is 12.2 Å². The van der Waals surface area contributed by atoms with E-state index in [4.69, 9.17) is 0 Å². The first-order valence-corrected chi connectivity index (χ1v) is 2.55. The molecular weight excluding hydrogens is 164 g/mol. The van der Waals surface area contributed by atoms with Gasteiger partial charge in [-0.3, -0.25) is 0 Å². The van der Waals surface area contributed by atoms with Crippen LogP contribution in [0.5, 0.6) is 0 Å². The van der Waals surface area contributed by atoms with Gasteiger partial charge in [-0.1, -0.05) is 0 Å². The zero-order valence-electron chi connectivity index (χ0n) is 5.79. The van der Waals surface area contributed by atoms with Crippen LogP contribution >= 0.6 is 0 Å². The van der Waals surface area contributed by atoms with Crippen molar-refractivity contribution in [1.82, 2.24) is 0 Å². The number of rotatable bonds is 0. The molecule has 0 radical (unpaired) electrons. The summed E-state index contributed by atoms with van der Waals surface area (Å²) >= 11 is 0. The van der Waals surface area contributed by atoms with Gasteiger partial charge in [-0.05, 0) is 0 Å². The Bertz CT molecular complexity index is 269. The Morgan fingerprint density at radius 1 is 0.917 bits per heavy atom. The largest absolute Gasteiger partial charge is 0.418 e. The molecule has 0 aromatic carbocycles. The third-order valence-electron chi connectivity index (χ3n) is 0.468. The molecule has 0 unspecified atom stereocenters. The molecule has 0 aromatic rings. The zero-order valence-corrected chi connectivity index (χ0v) is 5.79. The molecule has 0 rings (SSSR count). The van der Waals surface area contributed by atoms with Gasteiger partial charge in [-0.2, -0.15) is 0 Å². The average molecular weight is 168 g/mol. The highest BCUT2D eigenvalue weighted by atomic mass is 16.5. The van der Waals surface area contributed by atoms with Gasteiger partial charge in [0, 0.05) is 11.8 Å². The van der Waals surface area contributed by atoms with Crippen molar-refractivity contribution in [2.75, 3.05) is 0 Å². The number of carbonyl (C=O) groups is 2. The summed E-state index contributed by atoms with van der Waals surface area (Å²) < 4.78 is 7.90. The molecule has 0 fully saturated rings. The fourth-order valence-electron chi connectivity index (χ4n) is 0.203. The second-order valence-corrected chi connectivity index (χ2v) is 1.30. The molecular formula is C6H4N2O4. The smallest absolute Gasteiger partial charge is 0.355 e. The lowest BCUT2D eigenvalue weighted by Crippen LogP contribution is -2.09. The summed E-state index contributed by atoms with van der Waals surface area (Å²) in [5.41, 5.74) is 9.08. The van der Waals surface area contributed by atoms with Crippen molar-refractivity contribution in [2.24, 2.45) is 11.5 Å². The van der Waals surface area contributed by atoms with Crippen molar-refractivity contribution in [1.29, 1.82) is 0 Å². The van der Waals surface area contributed by atoms with E-state index in [9.17, 15) is 9.59 Å². The van der Waals surface area contributed by atoms with Gasteiger partial charge in [-0.15, -0.1) is 0 Å². The lowest BCUT2D eigenvalue weighted by atomic mass is 10.7. The van der Waals surface area contributed by atoms with Gasteiger partial charge < -0.3 is 20.9 Å². The van der Waals surface area contributed by atoms with Gasteiger partial charge in [0.15, 0.2) is 0 Å². The SMILES string of the molecule is NC(=O)OC#CC#COC(N)=O. The molecule has 0 bridgehead atoms. The molecule has 0 atom stereocenters. The van der Waals surface area contributed by atoms with Crippen LogP contribution in [-0.4, -0.2) is 12.2 Å². The summed E-state index contributed by atoms with van der Waals surface area (Å²) in [4.78, 5) is 19.8. The molecule has 62 valence electrons. The van der Waals surface area contributed by atoms with E-state index in [0.29, 0.717) is 0 Å². The monoisotopic (exact) mass is 168 g/mol. The lowest BCUT2D eigenvalue weighted by molar-refractivity contribution is 0.201. The molecule has 12 heavy (non-hydrogen) atoms. The topological polar surface area (TPSA) is 105 Å². The molecule has 6 nitrogen and oxygen atoms in total. The molecule has 6 heteroatoms. The first kappa shape index (κ1) is 9.66. The number of hydrogen-bond donors (Lipinski definition) is 2. The summed E-state index contributed by atoms with van der Waals surface area (Å²) in [6.07, 6.45) is 1.57. The Kier molecular flexibility index (Phi) is 4.38. The predicted molar refractivity (Wildman–Crippen MR) is 36.9 cm³/mol. The average Bonchev–Trinajstić information content (AvgIpc) is 1.95. The maximum Gasteiger partial charge on any atom is 0.418 e. The minimum Gasteiger partial charge on any atom is -0.355 e. The summed E-state index contributed by atoms with van der Waals surface area (Å²) in [6, 6.07) is 0. The Morgan fingerprint density at radius 3 is 1.50 bits per heavy atom. The van der Waals surface area contributed by atoms with Gasteiger partial charge in [-0.25, -0.2) is 9.59 Å². The van der Waals surface area contributed by atoms with Gasteiger partial charge in [0.1, 0.15) is 12.2 Å². The molecule has 0 aliphatic rings. The number of hydrogen-bond acceptors (Lipinski definition) is 4. The van der Waals surface area contributed by atoms with Crippen molar-refractivity contribution in [3.63, 3.8) is 0 Å². The van der Waals surface area contributed by atoms with Crippen LogP contribution in [-0.2, 0) is 9.47 Å². The Morgan fingerprint density at radius 2 is 1.25 bits per heavy atom. The Balaban J connectivity index is 3.74. The zero-order chi connectivity index (χ0) is 9.40. The molecule has 2 amide bonds. The van der Waals surface area contributed by atoms with Crippen LogP contribution in [0.2, 0.25) is 0 Å². The maximum absolute atomic E-state index is 9.88. The minimum atomic E-state index is -1.04. The highest BCUT2D eigenvalue weighted by Gasteiger charge is 1.84. The molecule has 0 saturated heterocycles. The van der Waals surface area contributed by atoms with E-state index in [2.05, 4.69) is 20.9 Å². The molecule has 0 saturated carbocycles. The number of ether oxygens (including phenoxy) is 2. The number of amides is 2. The van der Waals surface area contributed by atoms with E-state index >= 15 is 0 Å². The Labute approximate surface area is 67.8 Å². The van der Waals surface area contributed by atoms with Gasteiger partial charge in [0.05, 0.1) is 0 Å². The normalized spacial score (nSPS) is 6.33. The Hall–Kier alpha value is -2.34. The van der Waals surface area contributed by atoms with Crippen LogP contribution in [0.15, 0.2) is 0 Å². The fraction of sp³-hybridized carbons (Fsp3) is 0. The summed E-state index contributed by atoms with van der Waals surface area (Å²) in [5, 5.41) is 0. The van der Waals surface area contributed by atoms with Crippen LogP contribution in [0.1, 0.15) is 0 Å². The fourth-order valence-corrected chi connectivity index (χ4v) is 0.203. The third-order valence-corrected chi connectivity index (χ3v) is 0.468. The highest BCUT2D eigenvalue weighted by molar-refractivity contribution is 5.66. The second-order valence-electron chi connectivity index (χ2n) is 1.30. The number of nitrogens with two attached hydrogens (primary N) is 2. The van der Waals surface area contributed by atoms with Crippen LogP contribution in [0.25, 0.3) is 0 Å². The molecule has 0 heterocycles. The summed E-state index contributed by atoms with van der Waals surface area (Å²) in [6.45, 7) is 0. The first-order chi connectivity index (χ1) is 5.63. The molecule has 4 N–H and O–H groups in total. The lowest BCUT2D eigenvalue weighted by Gasteiger charge is -1.81. The quantitative estimate of drug-likeness (QED) is 0.457. The van der Waals surface area contributed by atoms with Crippen LogP contribution in [0.4, 0.5) is 9.59 Å². The molecule has 0 aliphatic carbocycles. The third kappa shape index (κ3) is 7.66. The minimum absolute atomic E-state index is 1.04. The van der Waals surface area contributed by atoms with Gasteiger partial charge >= 0.3 is 12.2 Å². The summed E-state index contributed by atoms with van der Waals surface area (Å²) in [7, 11) is 0. The van der Waals surface area contributed by atoms with Crippen LogP contribution in [0.3, 0.4) is 0 Å². The van der Waals surface area contributed by atoms with E-state index in [-0.39, 0.29) is 0 Å². The standard InChI is InChI=1S/C6H4N2O4/c7-5(9)11-3-1-2-4-12-6(8)10/h(H2,7,9)(H2,8,10). The molecule has 0 aliphatic heterocycles. The van der Waals surface area contributed by atoms with Crippen molar-refractivity contribution < 1.29 is 19.1 Å². The van der Waals surface area contributed by atoms with Crippen LogP contribution < -0.4 is 11.5 Å². The van der Waals surface area contributed by atoms with Crippen LogP contribution in [0, 0.1) is 24.1 Å². The maximum atomic E-state index is 9.88. The summed E-state index contributed by atoms with van der Waals surface area (Å²) in [5.74, 6) is 4.01. The predicted octanol–water partition coefficient (Wildman–Crippen LogP) is -0.901. The van der Waals surface area contributed by atoms with Gasteiger partial charge in [0.2, 0.25) is 0 Å². The van der Waals surface area contributed by atoms with Crippen molar-refractivity contribution >= 4 is 12.2 Å². The van der Waals surface area contributed by atoms with Crippen molar-refractivity contribution in [2.45, 2.75) is 0 Å². The molecule has 0 aromatic heterocycles.